The largest absolute Gasteiger partial charge is 0.497 e. The van der Waals surface area contributed by atoms with Gasteiger partial charge < -0.3 is 24.5 Å². The molecule has 0 aliphatic carbocycles. The molecule has 0 fully saturated rings. The lowest BCUT2D eigenvalue weighted by Crippen LogP contribution is -2.38. The number of aryl methyl sites for hydroxylation is 1. The number of aromatic nitrogens is 2. The van der Waals surface area contributed by atoms with Gasteiger partial charge in [-0.15, -0.1) is 0 Å². The van der Waals surface area contributed by atoms with E-state index in [-0.39, 0.29) is 6.04 Å². The highest BCUT2D eigenvalue weighted by atomic mass is 16.5. The van der Waals surface area contributed by atoms with Crippen LogP contribution in [0.1, 0.15) is 36.8 Å². The summed E-state index contributed by atoms with van der Waals surface area (Å²) in [4.78, 5) is 9.38. The molecule has 154 valence electrons. The minimum absolute atomic E-state index is 0.0267. The van der Waals surface area contributed by atoms with Crippen LogP contribution in [0.4, 0.5) is 0 Å². The third kappa shape index (κ3) is 4.80. The summed E-state index contributed by atoms with van der Waals surface area (Å²) >= 11 is 0. The Morgan fingerprint density at radius 1 is 1.21 bits per heavy atom. The molecular formula is C22H29N5O2. The Morgan fingerprint density at radius 2 is 2.03 bits per heavy atom. The van der Waals surface area contributed by atoms with E-state index in [9.17, 15) is 0 Å². The Hall–Kier alpha value is -3.22. The number of methoxy groups -OCH3 is 2. The zero-order valence-electron chi connectivity index (χ0n) is 17.7. The van der Waals surface area contributed by atoms with Gasteiger partial charge in [-0.3, -0.25) is 0 Å². The van der Waals surface area contributed by atoms with Gasteiger partial charge in [0.2, 0.25) is 0 Å². The summed E-state index contributed by atoms with van der Waals surface area (Å²) in [6.07, 6.45) is 2.03. The average molecular weight is 396 g/mol. The number of nitrogens with one attached hydrogen (secondary N) is 2. The van der Waals surface area contributed by atoms with Crippen LogP contribution in [0.15, 0.2) is 47.6 Å². The number of pyridine rings is 1. The van der Waals surface area contributed by atoms with Crippen molar-refractivity contribution in [3.05, 3.63) is 59.5 Å². The number of benzene rings is 1. The van der Waals surface area contributed by atoms with E-state index in [2.05, 4.69) is 39.9 Å². The van der Waals surface area contributed by atoms with Gasteiger partial charge in [0.15, 0.2) is 5.96 Å². The van der Waals surface area contributed by atoms with Crippen molar-refractivity contribution < 1.29 is 9.47 Å². The summed E-state index contributed by atoms with van der Waals surface area (Å²) in [6.45, 7) is 7.42. The number of fused-ring (bicyclic) bond motifs is 1. The maximum absolute atomic E-state index is 5.51. The van der Waals surface area contributed by atoms with Gasteiger partial charge in [-0.05, 0) is 51.1 Å². The van der Waals surface area contributed by atoms with E-state index in [0.717, 1.165) is 46.6 Å². The van der Waals surface area contributed by atoms with Crippen LogP contribution in [0.3, 0.4) is 0 Å². The van der Waals surface area contributed by atoms with Crippen LogP contribution in [0.5, 0.6) is 11.5 Å². The smallest absolute Gasteiger partial charge is 0.192 e. The predicted molar refractivity (Wildman–Crippen MR) is 116 cm³/mol. The summed E-state index contributed by atoms with van der Waals surface area (Å²) in [5.41, 5.74) is 4.00. The molecule has 0 aliphatic rings. The SMILES string of the molecule is CCNC(=NCc1cn2c(C)cccc2n1)NC(C)c1cc(OC)ccc1OC. The Balaban J connectivity index is 1.79. The zero-order valence-corrected chi connectivity index (χ0v) is 17.7. The molecule has 0 spiro atoms. The molecule has 0 radical (unpaired) electrons. The van der Waals surface area contributed by atoms with Crippen LogP contribution in [0, 0.1) is 6.92 Å². The molecule has 0 bridgehead atoms. The number of hydrogen-bond acceptors (Lipinski definition) is 4. The fraction of sp³-hybridized carbons (Fsp3) is 0.364. The molecule has 29 heavy (non-hydrogen) atoms. The quantitative estimate of drug-likeness (QED) is 0.473. The van der Waals surface area contributed by atoms with Crippen molar-refractivity contribution in [2.24, 2.45) is 4.99 Å². The molecule has 1 atom stereocenters. The standard InChI is InChI=1S/C22H29N5O2/c1-6-23-22(24-13-17-14-27-15(2)8-7-9-21(27)26-17)25-16(3)19-12-18(28-4)10-11-20(19)29-5/h7-12,14,16H,6,13H2,1-5H3,(H2,23,24,25). The fourth-order valence-corrected chi connectivity index (χ4v) is 3.22. The van der Waals surface area contributed by atoms with Gasteiger partial charge in [-0.1, -0.05) is 6.07 Å². The monoisotopic (exact) mass is 395 g/mol. The van der Waals surface area contributed by atoms with Gasteiger partial charge in [0.25, 0.3) is 0 Å². The van der Waals surface area contributed by atoms with Gasteiger partial charge >= 0.3 is 0 Å². The zero-order chi connectivity index (χ0) is 20.8. The van der Waals surface area contributed by atoms with E-state index in [1.54, 1.807) is 14.2 Å². The summed E-state index contributed by atoms with van der Waals surface area (Å²) < 4.78 is 13.0. The minimum Gasteiger partial charge on any atom is -0.497 e. The van der Waals surface area contributed by atoms with Crippen LogP contribution in [0.25, 0.3) is 5.65 Å². The highest BCUT2D eigenvalue weighted by Gasteiger charge is 2.14. The number of hydrogen-bond donors (Lipinski definition) is 2. The molecule has 3 rings (SSSR count). The van der Waals surface area contributed by atoms with E-state index < -0.39 is 0 Å². The van der Waals surface area contributed by atoms with E-state index in [1.807, 2.05) is 43.5 Å². The molecule has 2 N–H and O–H groups in total. The number of ether oxygens (including phenoxy) is 2. The van der Waals surface area contributed by atoms with Crippen LogP contribution in [-0.2, 0) is 6.54 Å². The highest BCUT2D eigenvalue weighted by molar-refractivity contribution is 5.80. The van der Waals surface area contributed by atoms with Crippen molar-refractivity contribution in [3.63, 3.8) is 0 Å². The van der Waals surface area contributed by atoms with Crippen molar-refractivity contribution in [1.29, 1.82) is 0 Å². The number of rotatable bonds is 7. The lowest BCUT2D eigenvalue weighted by molar-refractivity contribution is 0.394. The summed E-state index contributed by atoms with van der Waals surface area (Å²) in [5, 5.41) is 6.74. The minimum atomic E-state index is -0.0267. The average Bonchev–Trinajstić information content (AvgIpc) is 3.16. The summed E-state index contributed by atoms with van der Waals surface area (Å²) in [6, 6.07) is 11.8. The fourth-order valence-electron chi connectivity index (χ4n) is 3.22. The van der Waals surface area contributed by atoms with Crippen LogP contribution in [-0.4, -0.2) is 36.1 Å². The molecule has 1 aromatic carbocycles. The third-order valence-electron chi connectivity index (χ3n) is 4.75. The topological polar surface area (TPSA) is 72.2 Å². The maximum atomic E-state index is 5.51. The van der Waals surface area contributed by atoms with Gasteiger partial charge in [0.05, 0.1) is 32.5 Å². The Morgan fingerprint density at radius 3 is 2.72 bits per heavy atom. The number of guanidine groups is 1. The van der Waals surface area contributed by atoms with Crippen LogP contribution < -0.4 is 20.1 Å². The molecule has 1 unspecified atom stereocenters. The highest BCUT2D eigenvalue weighted by Crippen LogP contribution is 2.29. The van der Waals surface area contributed by atoms with Gasteiger partial charge in [0, 0.05) is 24.0 Å². The van der Waals surface area contributed by atoms with E-state index in [1.165, 1.54) is 0 Å². The number of aliphatic imine (C=N–C) groups is 1. The molecule has 0 saturated heterocycles. The molecule has 7 heteroatoms. The second-order valence-electron chi connectivity index (χ2n) is 6.80. The van der Waals surface area contributed by atoms with Crippen molar-refractivity contribution in [3.8, 4) is 11.5 Å². The first-order chi connectivity index (χ1) is 14.0. The third-order valence-corrected chi connectivity index (χ3v) is 4.75. The molecule has 7 nitrogen and oxygen atoms in total. The van der Waals surface area contributed by atoms with Crippen molar-refractivity contribution in [2.75, 3.05) is 20.8 Å². The van der Waals surface area contributed by atoms with Crippen LogP contribution in [0.2, 0.25) is 0 Å². The normalized spacial score (nSPS) is 12.7. The molecule has 0 aliphatic heterocycles. The lowest BCUT2D eigenvalue weighted by Gasteiger charge is -2.20. The van der Waals surface area contributed by atoms with Crippen molar-refractivity contribution in [1.82, 2.24) is 20.0 Å². The van der Waals surface area contributed by atoms with Crippen molar-refractivity contribution >= 4 is 11.6 Å². The van der Waals surface area contributed by atoms with E-state index >= 15 is 0 Å². The Kier molecular flexibility index (Phi) is 6.59. The van der Waals surface area contributed by atoms with E-state index in [0.29, 0.717) is 6.54 Å². The Bertz CT molecular complexity index is 996. The summed E-state index contributed by atoms with van der Waals surface area (Å²) in [7, 11) is 3.33. The molecular weight excluding hydrogens is 366 g/mol. The molecule has 3 aromatic rings. The number of imidazole rings is 1. The summed E-state index contributed by atoms with van der Waals surface area (Å²) in [5.74, 6) is 2.31. The first kappa shape index (κ1) is 20.5. The van der Waals surface area contributed by atoms with Crippen molar-refractivity contribution in [2.45, 2.75) is 33.4 Å². The molecule has 2 heterocycles. The second kappa shape index (κ2) is 9.32. The van der Waals surface area contributed by atoms with Gasteiger partial charge in [-0.2, -0.15) is 0 Å². The molecule has 0 saturated carbocycles. The van der Waals surface area contributed by atoms with Gasteiger partial charge in [-0.25, -0.2) is 9.98 Å². The van der Waals surface area contributed by atoms with Crippen LogP contribution >= 0.6 is 0 Å². The first-order valence-electron chi connectivity index (χ1n) is 9.76. The predicted octanol–water partition coefficient (Wildman–Crippen LogP) is 3.48. The maximum Gasteiger partial charge on any atom is 0.192 e. The number of nitrogens with zero attached hydrogens (tertiary/aromatic N) is 3. The van der Waals surface area contributed by atoms with Gasteiger partial charge in [0.1, 0.15) is 17.1 Å². The lowest BCUT2D eigenvalue weighted by atomic mass is 10.1. The first-order valence-corrected chi connectivity index (χ1v) is 9.76. The Labute approximate surface area is 171 Å². The second-order valence-corrected chi connectivity index (χ2v) is 6.80. The molecule has 0 amide bonds. The molecule has 2 aromatic heterocycles. The van der Waals surface area contributed by atoms with E-state index in [4.69, 9.17) is 14.5 Å².